The number of benzene rings is 3. The number of amides is 2. The molecule has 1 atom stereocenters. The maximum atomic E-state index is 13.1. The Kier molecular flexibility index (Phi) is 6.04. The van der Waals surface area contributed by atoms with Gasteiger partial charge in [-0.3, -0.25) is 14.4 Å². The minimum Gasteiger partial charge on any atom is -0.495 e. The standard InChI is InChI=1S/C26H21NO6/c1-3-21(23(28)16-9-5-4-6-10-16)33-26(31)17-13-14-18-19(15-17)25(30)27(24(18)29)20-11-7-8-12-22(20)32-2/h4-15,21H,3H2,1-2H3/t21-/m0/s1. The summed E-state index contributed by atoms with van der Waals surface area (Å²) in [6.45, 7) is 1.74. The Hall–Kier alpha value is -4.26. The molecular weight excluding hydrogens is 422 g/mol. The van der Waals surface area contributed by atoms with Gasteiger partial charge in [0.1, 0.15) is 5.75 Å². The lowest BCUT2D eigenvalue weighted by Gasteiger charge is -2.16. The molecule has 0 radical (unpaired) electrons. The lowest BCUT2D eigenvalue weighted by Crippen LogP contribution is -2.29. The number of imide groups is 1. The molecule has 7 nitrogen and oxygen atoms in total. The molecule has 0 spiro atoms. The fourth-order valence-corrected chi connectivity index (χ4v) is 3.71. The first-order valence-electron chi connectivity index (χ1n) is 10.4. The zero-order valence-electron chi connectivity index (χ0n) is 18.1. The zero-order valence-corrected chi connectivity index (χ0v) is 18.1. The highest BCUT2D eigenvalue weighted by Crippen LogP contribution is 2.35. The van der Waals surface area contributed by atoms with E-state index in [1.165, 1.54) is 25.3 Å². The van der Waals surface area contributed by atoms with Gasteiger partial charge in [0.2, 0.25) is 5.78 Å². The number of nitrogens with zero attached hydrogens (tertiary/aromatic N) is 1. The van der Waals surface area contributed by atoms with Crippen LogP contribution in [0.25, 0.3) is 0 Å². The molecule has 33 heavy (non-hydrogen) atoms. The third kappa shape index (κ3) is 4.01. The highest BCUT2D eigenvalue weighted by molar-refractivity contribution is 6.35. The molecule has 1 aliphatic heterocycles. The number of methoxy groups -OCH3 is 1. The van der Waals surface area contributed by atoms with Crippen molar-refractivity contribution in [2.75, 3.05) is 12.0 Å². The maximum Gasteiger partial charge on any atom is 0.338 e. The number of esters is 1. The smallest absolute Gasteiger partial charge is 0.338 e. The topological polar surface area (TPSA) is 90.0 Å². The predicted molar refractivity (Wildman–Crippen MR) is 121 cm³/mol. The van der Waals surface area contributed by atoms with Gasteiger partial charge in [-0.15, -0.1) is 0 Å². The van der Waals surface area contributed by atoms with Crippen LogP contribution in [0.1, 0.15) is 54.8 Å². The molecule has 1 aliphatic rings. The van der Waals surface area contributed by atoms with E-state index in [9.17, 15) is 19.2 Å². The molecule has 0 aromatic heterocycles. The highest BCUT2D eigenvalue weighted by Gasteiger charge is 2.38. The summed E-state index contributed by atoms with van der Waals surface area (Å²) in [6.07, 6.45) is -0.667. The summed E-state index contributed by atoms with van der Waals surface area (Å²) in [4.78, 5) is 52.5. The second-order valence-electron chi connectivity index (χ2n) is 7.41. The van der Waals surface area contributed by atoms with Crippen molar-refractivity contribution >= 4 is 29.3 Å². The fraction of sp³-hybridized carbons (Fsp3) is 0.154. The van der Waals surface area contributed by atoms with Crippen LogP contribution in [-0.4, -0.2) is 36.8 Å². The van der Waals surface area contributed by atoms with E-state index >= 15 is 0 Å². The highest BCUT2D eigenvalue weighted by atomic mass is 16.5. The molecule has 0 N–H and O–H groups in total. The van der Waals surface area contributed by atoms with E-state index in [1.807, 2.05) is 0 Å². The van der Waals surface area contributed by atoms with Crippen molar-refractivity contribution in [3.63, 3.8) is 0 Å². The van der Waals surface area contributed by atoms with Crippen LogP contribution in [0.2, 0.25) is 0 Å². The molecule has 0 saturated carbocycles. The second-order valence-corrected chi connectivity index (χ2v) is 7.41. The van der Waals surface area contributed by atoms with Crippen molar-refractivity contribution in [3.8, 4) is 5.75 Å². The molecule has 3 aromatic carbocycles. The Morgan fingerprint density at radius 3 is 2.21 bits per heavy atom. The Morgan fingerprint density at radius 1 is 0.848 bits per heavy atom. The number of carbonyl (C=O) groups excluding carboxylic acids is 4. The molecule has 0 aliphatic carbocycles. The number of rotatable bonds is 7. The molecular formula is C26H21NO6. The quantitative estimate of drug-likeness (QED) is 0.307. The van der Waals surface area contributed by atoms with Crippen LogP contribution in [-0.2, 0) is 4.74 Å². The molecule has 7 heteroatoms. The third-order valence-corrected chi connectivity index (χ3v) is 5.42. The zero-order chi connectivity index (χ0) is 23.5. The molecule has 2 amide bonds. The minimum atomic E-state index is -0.962. The van der Waals surface area contributed by atoms with E-state index in [0.29, 0.717) is 23.4 Å². The van der Waals surface area contributed by atoms with E-state index in [4.69, 9.17) is 9.47 Å². The van der Waals surface area contributed by atoms with Gasteiger partial charge in [0, 0.05) is 5.56 Å². The number of anilines is 1. The van der Waals surface area contributed by atoms with Crippen molar-refractivity contribution in [2.45, 2.75) is 19.4 Å². The Labute approximate surface area is 190 Å². The minimum absolute atomic E-state index is 0.0797. The van der Waals surface area contributed by atoms with Gasteiger partial charge < -0.3 is 9.47 Å². The van der Waals surface area contributed by atoms with Crippen molar-refractivity contribution in [1.29, 1.82) is 0 Å². The average Bonchev–Trinajstić information content (AvgIpc) is 3.11. The molecule has 0 bridgehead atoms. The van der Waals surface area contributed by atoms with Crippen molar-refractivity contribution < 1.29 is 28.7 Å². The van der Waals surface area contributed by atoms with Crippen LogP contribution < -0.4 is 9.64 Å². The lowest BCUT2D eigenvalue weighted by molar-refractivity contribution is 0.0277. The van der Waals surface area contributed by atoms with E-state index in [2.05, 4.69) is 0 Å². The maximum absolute atomic E-state index is 13.1. The summed E-state index contributed by atoms with van der Waals surface area (Å²) < 4.78 is 10.7. The lowest BCUT2D eigenvalue weighted by atomic mass is 10.0. The predicted octanol–water partition coefficient (Wildman–Crippen LogP) is 4.31. The molecule has 166 valence electrons. The number of hydrogen-bond donors (Lipinski definition) is 0. The number of ether oxygens (including phenoxy) is 2. The van der Waals surface area contributed by atoms with Gasteiger partial charge in [0.15, 0.2) is 6.10 Å². The second kappa shape index (κ2) is 9.08. The van der Waals surface area contributed by atoms with E-state index < -0.39 is 23.9 Å². The summed E-state index contributed by atoms with van der Waals surface area (Å²) in [7, 11) is 1.45. The van der Waals surface area contributed by atoms with E-state index in [-0.39, 0.29) is 22.5 Å². The normalized spacial score (nSPS) is 13.5. The largest absolute Gasteiger partial charge is 0.495 e. The summed E-state index contributed by atoms with van der Waals surface area (Å²) in [5.41, 5.74) is 1.10. The van der Waals surface area contributed by atoms with Crippen LogP contribution in [0.5, 0.6) is 5.75 Å². The van der Waals surface area contributed by atoms with E-state index in [0.717, 1.165) is 4.90 Å². The Bertz CT molecular complexity index is 1250. The number of hydrogen-bond acceptors (Lipinski definition) is 6. The van der Waals surface area contributed by atoms with Crippen LogP contribution >= 0.6 is 0 Å². The summed E-state index contributed by atoms with van der Waals surface area (Å²) in [5, 5.41) is 0. The number of ketones is 1. The fourth-order valence-electron chi connectivity index (χ4n) is 3.71. The van der Waals surface area contributed by atoms with Gasteiger partial charge in [-0.25, -0.2) is 9.69 Å². The van der Waals surface area contributed by atoms with Gasteiger partial charge in [0.05, 0.1) is 29.5 Å². The molecule has 0 unspecified atom stereocenters. The van der Waals surface area contributed by atoms with Crippen molar-refractivity contribution in [3.05, 3.63) is 95.1 Å². The van der Waals surface area contributed by atoms with Crippen LogP contribution in [0.3, 0.4) is 0 Å². The van der Waals surface area contributed by atoms with Gasteiger partial charge in [-0.05, 0) is 36.8 Å². The van der Waals surface area contributed by atoms with Gasteiger partial charge >= 0.3 is 5.97 Å². The van der Waals surface area contributed by atoms with Crippen LogP contribution in [0, 0.1) is 0 Å². The molecule has 3 aromatic rings. The number of para-hydroxylation sites is 2. The monoisotopic (exact) mass is 443 g/mol. The molecule has 0 saturated heterocycles. The third-order valence-electron chi connectivity index (χ3n) is 5.42. The van der Waals surface area contributed by atoms with E-state index in [1.54, 1.807) is 61.5 Å². The Balaban J connectivity index is 1.59. The number of carbonyl (C=O) groups is 4. The van der Waals surface area contributed by atoms with Gasteiger partial charge in [-0.1, -0.05) is 49.4 Å². The number of fused-ring (bicyclic) bond motifs is 1. The number of Topliss-reactive ketones (excluding diaryl/α,β-unsaturated/α-hetero) is 1. The summed E-state index contributed by atoms with van der Waals surface area (Å²) >= 11 is 0. The average molecular weight is 443 g/mol. The first kappa shape index (κ1) is 22.0. The SMILES string of the molecule is CC[C@H](OC(=O)c1ccc2c(c1)C(=O)N(c1ccccc1OC)C2=O)C(=O)c1ccccc1. The van der Waals surface area contributed by atoms with Crippen molar-refractivity contribution in [2.24, 2.45) is 0 Å². The molecule has 0 fully saturated rings. The first-order chi connectivity index (χ1) is 16.0. The van der Waals surface area contributed by atoms with Crippen LogP contribution in [0.15, 0.2) is 72.8 Å². The summed E-state index contributed by atoms with van der Waals surface area (Å²) in [6, 6.07) is 19.4. The van der Waals surface area contributed by atoms with Crippen LogP contribution in [0.4, 0.5) is 5.69 Å². The Morgan fingerprint density at radius 2 is 1.52 bits per heavy atom. The van der Waals surface area contributed by atoms with Gasteiger partial charge in [-0.2, -0.15) is 0 Å². The summed E-state index contributed by atoms with van der Waals surface area (Å²) in [5.74, 6) is -1.75. The molecule has 1 heterocycles. The van der Waals surface area contributed by atoms with Gasteiger partial charge in [0.25, 0.3) is 11.8 Å². The van der Waals surface area contributed by atoms with Crippen molar-refractivity contribution in [1.82, 2.24) is 0 Å². The molecule has 4 rings (SSSR count). The first-order valence-corrected chi connectivity index (χ1v) is 10.4.